The van der Waals surface area contributed by atoms with Crippen LogP contribution in [0.5, 0.6) is 0 Å². The second-order valence-corrected chi connectivity index (χ2v) is 6.32. The molecule has 1 N–H and O–H groups in total. The maximum absolute atomic E-state index is 6.18. The summed E-state index contributed by atoms with van der Waals surface area (Å²) in [6.45, 7) is 2.78. The number of hydrogen-bond donors (Lipinski definition) is 1. The van der Waals surface area contributed by atoms with E-state index >= 15 is 0 Å². The highest BCUT2D eigenvalue weighted by Gasteiger charge is 2.06. The molecule has 0 radical (unpaired) electrons. The average molecular weight is 295 g/mol. The molecule has 1 aromatic heterocycles. The lowest BCUT2D eigenvalue weighted by Gasteiger charge is -2.16. The van der Waals surface area contributed by atoms with Crippen LogP contribution in [0, 0.1) is 0 Å². The first-order valence-corrected chi connectivity index (χ1v) is 7.52. The fourth-order valence-corrected chi connectivity index (χ4v) is 3.32. The van der Waals surface area contributed by atoms with Gasteiger partial charge in [0.2, 0.25) is 0 Å². The van der Waals surface area contributed by atoms with Gasteiger partial charge >= 0.3 is 0 Å². The molecule has 102 valence electrons. The smallest absolute Gasteiger partial charge is 0.0451 e. The number of thiophene rings is 1. The van der Waals surface area contributed by atoms with E-state index in [2.05, 4.69) is 35.5 Å². The van der Waals surface area contributed by atoms with E-state index in [0.717, 1.165) is 24.7 Å². The van der Waals surface area contributed by atoms with Crippen molar-refractivity contribution in [2.45, 2.75) is 19.6 Å². The van der Waals surface area contributed by atoms with Gasteiger partial charge in [0, 0.05) is 34.4 Å². The summed E-state index contributed by atoms with van der Waals surface area (Å²) in [4.78, 5) is 5.05. The Bertz CT molecular complexity index is 524. The highest BCUT2D eigenvalue weighted by atomic mass is 35.5. The van der Waals surface area contributed by atoms with Gasteiger partial charge in [0.1, 0.15) is 0 Å². The van der Waals surface area contributed by atoms with Crippen molar-refractivity contribution >= 4 is 22.9 Å². The van der Waals surface area contributed by atoms with Gasteiger partial charge in [-0.3, -0.25) is 4.90 Å². The molecule has 0 amide bonds. The number of benzene rings is 1. The van der Waals surface area contributed by atoms with E-state index in [1.54, 1.807) is 0 Å². The van der Waals surface area contributed by atoms with Crippen molar-refractivity contribution in [3.05, 3.63) is 56.7 Å². The summed E-state index contributed by atoms with van der Waals surface area (Å²) in [5.41, 5.74) is 1.18. The molecule has 2 rings (SSSR count). The van der Waals surface area contributed by atoms with Crippen molar-refractivity contribution in [2.75, 3.05) is 14.1 Å². The first-order valence-electron chi connectivity index (χ1n) is 6.33. The lowest BCUT2D eigenvalue weighted by Crippen LogP contribution is -2.16. The van der Waals surface area contributed by atoms with Gasteiger partial charge in [-0.2, -0.15) is 0 Å². The molecule has 0 fully saturated rings. The molecule has 0 bridgehead atoms. The lowest BCUT2D eigenvalue weighted by molar-refractivity contribution is 0.322. The second kappa shape index (κ2) is 7.06. The van der Waals surface area contributed by atoms with Crippen LogP contribution in [-0.4, -0.2) is 19.0 Å². The molecular formula is C15H19ClN2S. The van der Waals surface area contributed by atoms with E-state index in [9.17, 15) is 0 Å². The minimum Gasteiger partial charge on any atom is -0.315 e. The van der Waals surface area contributed by atoms with Crippen molar-refractivity contribution in [3.63, 3.8) is 0 Å². The predicted octanol–water partition coefficient (Wildman–Crippen LogP) is 3.75. The lowest BCUT2D eigenvalue weighted by atomic mass is 10.2. The Morgan fingerprint density at radius 1 is 1.11 bits per heavy atom. The van der Waals surface area contributed by atoms with Gasteiger partial charge in [-0.25, -0.2) is 0 Å². The largest absolute Gasteiger partial charge is 0.315 e. The van der Waals surface area contributed by atoms with Crippen molar-refractivity contribution in [1.82, 2.24) is 10.2 Å². The number of nitrogens with zero attached hydrogens (tertiary/aromatic N) is 1. The standard InChI is InChI=1S/C15H19ClN2S/c1-17-9-13-7-8-14(19-13)11-18(2)10-12-5-3-4-6-15(12)16/h3-8,17H,9-11H2,1-2H3. The quantitative estimate of drug-likeness (QED) is 0.873. The molecule has 2 nitrogen and oxygen atoms in total. The first kappa shape index (κ1) is 14.5. The van der Waals surface area contributed by atoms with E-state index in [1.807, 2.05) is 36.6 Å². The fraction of sp³-hybridized carbons (Fsp3) is 0.333. The van der Waals surface area contributed by atoms with E-state index in [0.29, 0.717) is 0 Å². The van der Waals surface area contributed by atoms with E-state index in [-0.39, 0.29) is 0 Å². The van der Waals surface area contributed by atoms with E-state index in [4.69, 9.17) is 11.6 Å². The summed E-state index contributed by atoms with van der Waals surface area (Å²) in [7, 11) is 4.10. The first-order chi connectivity index (χ1) is 9.19. The van der Waals surface area contributed by atoms with Crippen LogP contribution in [0.4, 0.5) is 0 Å². The van der Waals surface area contributed by atoms with Gasteiger partial charge in [0.05, 0.1) is 0 Å². The zero-order valence-corrected chi connectivity index (χ0v) is 12.9. The number of halogens is 1. The Morgan fingerprint density at radius 2 is 1.84 bits per heavy atom. The Hall–Kier alpha value is -0.870. The van der Waals surface area contributed by atoms with Gasteiger partial charge in [0.15, 0.2) is 0 Å². The highest BCUT2D eigenvalue weighted by Crippen LogP contribution is 2.20. The summed E-state index contributed by atoms with van der Waals surface area (Å²) >= 11 is 8.05. The Labute approximate surface area is 124 Å². The Balaban J connectivity index is 1.93. The van der Waals surface area contributed by atoms with Crippen molar-refractivity contribution < 1.29 is 0 Å². The maximum Gasteiger partial charge on any atom is 0.0451 e. The van der Waals surface area contributed by atoms with Crippen LogP contribution in [0.2, 0.25) is 5.02 Å². The molecule has 1 heterocycles. The van der Waals surface area contributed by atoms with Crippen molar-refractivity contribution in [2.24, 2.45) is 0 Å². The second-order valence-electron chi connectivity index (χ2n) is 4.66. The molecule has 0 aliphatic rings. The summed E-state index contributed by atoms with van der Waals surface area (Å²) < 4.78 is 0. The van der Waals surface area contributed by atoms with Gasteiger partial charge in [0.25, 0.3) is 0 Å². The summed E-state index contributed by atoms with van der Waals surface area (Å²) in [5, 5.41) is 4.02. The van der Waals surface area contributed by atoms with Gasteiger partial charge < -0.3 is 5.32 Å². The predicted molar refractivity (Wildman–Crippen MR) is 83.7 cm³/mol. The zero-order valence-electron chi connectivity index (χ0n) is 11.3. The van der Waals surface area contributed by atoms with E-state index in [1.165, 1.54) is 15.3 Å². The third-order valence-electron chi connectivity index (χ3n) is 2.89. The monoisotopic (exact) mass is 294 g/mol. The molecule has 0 aliphatic carbocycles. The number of rotatable bonds is 6. The van der Waals surface area contributed by atoms with Crippen LogP contribution >= 0.6 is 22.9 Å². The topological polar surface area (TPSA) is 15.3 Å². The maximum atomic E-state index is 6.18. The molecule has 0 aliphatic heterocycles. The van der Waals surface area contributed by atoms with Crippen LogP contribution in [0.15, 0.2) is 36.4 Å². The molecule has 2 aromatic rings. The van der Waals surface area contributed by atoms with Crippen molar-refractivity contribution in [1.29, 1.82) is 0 Å². The molecule has 0 atom stereocenters. The number of nitrogens with one attached hydrogen (secondary N) is 1. The molecule has 19 heavy (non-hydrogen) atoms. The molecule has 0 unspecified atom stereocenters. The molecule has 1 aromatic carbocycles. The van der Waals surface area contributed by atoms with Crippen LogP contribution in [-0.2, 0) is 19.6 Å². The molecular weight excluding hydrogens is 276 g/mol. The van der Waals surface area contributed by atoms with Gasteiger partial charge in [-0.1, -0.05) is 29.8 Å². The summed E-state index contributed by atoms with van der Waals surface area (Å²) in [6, 6.07) is 12.4. The minimum absolute atomic E-state index is 0.844. The Kier molecular flexibility index (Phi) is 5.40. The molecule has 0 saturated carbocycles. The summed E-state index contributed by atoms with van der Waals surface area (Å²) in [5.74, 6) is 0. The molecule has 4 heteroatoms. The van der Waals surface area contributed by atoms with Gasteiger partial charge in [-0.15, -0.1) is 11.3 Å². The van der Waals surface area contributed by atoms with Gasteiger partial charge in [-0.05, 0) is 37.9 Å². The molecule has 0 saturated heterocycles. The van der Waals surface area contributed by atoms with Crippen LogP contribution in [0.25, 0.3) is 0 Å². The van der Waals surface area contributed by atoms with Crippen LogP contribution in [0.3, 0.4) is 0 Å². The molecule has 0 spiro atoms. The minimum atomic E-state index is 0.844. The SMILES string of the molecule is CNCc1ccc(CN(C)Cc2ccccc2Cl)s1. The Morgan fingerprint density at radius 3 is 2.58 bits per heavy atom. The number of hydrogen-bond acceptors (Lipinski definition) is 3. The normalized spacial score (nSPS) is 11.2. The third-order valence-corrected chi connectivity index (χ3v) is 4.33. The van der Waals surface area contributed by atoms with Crippen molar-refractivity contribution in [3.8, 4) is 0 Å². The van der Waals surface area contributed by atoms with E-state index < -0.39 is 0 Å². The van der Waals surface area contributed by atoms with Crippen LogP contribution in [0.1, 0.15) is 15.3 Å². The average Bonchev–Trinajstić information content (AvgIpc) is 2.80. The van der Waals surface area contributed by atoms with Crippen LogP contribution < -0.4 is 5.32 Å². The summed E-state index contributed by atoms with van der Waals surface area (Å²) in [6.07, 6.45) is 0. The third kappa shape index (κ3) is 4.32. The fourth-order valence-electron chi connectivity index (χ4n) is 2.02. The zero-order chi connectivity index (χ0) is 13.7. The highest BCUT2D eigenvalue weighted by molar-refractivity contribution is 7.11.